The number of benzene rings is 2. The quantitative estimate of drug-likeness (QED) is 0.212. The molecule has 0 bridgehead atoms. The van der Waals surface area contributed by atoms with E-state index < -0.39 is 30.6 Å². The number of rotatable bonds is 15. The van der Waals surface area contributed by atoms with Crippen molar-refractivity contribution in [2.75, 3.05) is 40.4 Å². The molecule has 0 radical (unpaired) electrons. The van der Waals surface area contributed by atoms with Crippen molar-refractivity contribution in [1.29, 1.82) is 0 Å². The number of aromatic nitrogens is 1. The van der Waals surface area contributed by atoms with Crippen LogP contribution in [0.2, 0.25) is 0 Å². The summed E-state index contributed by atoms with van der Waals surface area (Å²) in [6.07, 6.45) is 1.53. The Morgan fingerprint density at radius 3 is 1.93 bits per heavy atom. The van der Waals surface area contributed by atoms with E-state index in [2.05, 4.69) is 4.98 Å². The lowest BCUT2D eigenvalue weighted by atomic mass is 9.99. The van der Waals surface area contributed by atoms with Crippen molar-refractivity contribution in [3.05, 3.63) is 77.6 Å². The van der Waals surface area contributed by atoms with Gasteiger partial charge in [0.2, 0.25) is 0 Å². The summed E-state index contributed by atoms with van der Waals surface area (Å²) < 4.78 is 10.5. The van der Waals surface area contributed by atoms with Crippen LogP contribution in [0, 0.1) is 0 Å². The third-order valence-corrected chi connectivity index (χ3v) is 6.43. The zero-order valence-electron chi connectivity index (χ0n) is 22.9. The van der Waals surface area contributed by atoms with Crippen molar-refractivity contribution in [2.24, 2.45) is 0 Å². The molecule has 1 aromatic heterocycles. The summed E-state index contributed by atoms with van der Waals surface area (Å²) in [5.74, 6) is -2.54. The topological polar surface area (TPSA) is 170 Å². The molecule has 3 rings (SSSR count). The number of carboxylic acids is 2. The highest BCUT2D eigenvalue weighted by atomic mass is 16.5. The molecule has 0 fully saturated rings. The molecule has 2 aromatic carbocycles. The van der Waals surface area contributed by atoms with Gasteiger partial charge in [0, 0.05) is 30.4 Å². The largest absolute Gasteiger partial charge is 0.508 e. The highest BCUT2D eigenvalue weighted by Gasteiger charge is 2.33. The summed E-state index contributed by atoms with van der Waals surface area (Å²) in [5.41, 5.74) is 0.757. The van der Waals surface area contributed by atoms with Crippen LogP contribution in [-0.2, 0) is 14.4 Å². The molecule has 41 heavy (non-hydrogen) atoms. The lowest BCUT2D eigenvalue weighted by Gasteiger charge is -2.35. The number of pyridine rings is 1. The fourth-order valence-corrected chi connectivity index (χ4v) is 4.64. The lowest BCUT2D eigenvalue weighted by Crippen LogP contribution is -2.44. The third-order valence-electron chi connectivity index (χ3n) is 6.43. The summed E-state index contributed by atoms with van der Waals surface area (Å²) in [5, 5.41) is 41.3. The fraction of sp³-hybridized carbons (Fsp3) is 0.310. The molecule has 0 saturated carbocycles. The number of methoxy groups -OCH3 is 2. The molecule has 4 N–H and O–H groups in total. The number of phenolic OH excluding ortho intramolecular Hbond substituents is 2. The summed E-state index contributed by atoms with van der Waals surface area (Å²) in [6, 6.07) is 11.5. The molecule has 0 saturated heterocycles. The number of ketones is 1. The molecule has 3 aromatic rings. The molecule has 0 amide bonds. The van der Waals surface area contributed by atoms with Crippen molar-refractivity contribution in [3.63, 3.8) is 0 Å². The molecule has 0 aliphatic heterocycles. The van der Waals surface area contributed by atoms with E-state index in [0.717, 1.165) is 0 Å². The maximum Gasteiger partial charge on any atom is 0.325 e. The minimum Gasteiger partial charge on any atom is -0.508 e. The van der Waals surface area contributed by atoms with Crippen LogP contribution >= 0.6 is 0 Å². The Morgan fingerprint density at radius 1 is 0.829 bits per heavy atom. The Balaban J connectivity index is 2.08. The molecule has 1 heterocycles. The van der Waals surface area contributed by atoms with Gasteiger partial charge in [-0.3, -0.25) is 29.2 Å². The lowest BCUT2D eigenvalue weighted by molar-refractivity contribution is -0.145. The standard InChI is InChI=1S/C29H33N3O9/c1-18(33)16-31(28(29(38)39)22-15-20(41-3)8-10-25(22)35)12-13-32(17-26(36)37)27(23-6-4-5-11-30-23)21-14-19(40-2)7-9-24(21)34/h4-11,14-15,27-28,34-35H,12-13,16-17H2,1-3H3,(H,36,37)(H,38,39). The molecule has 2 atom stereocenters. The number of Topliss-reactive ketones (excluding diaryl/α,β-unsaturated/α-hetero) is 1. The SMILES string of the molecule is COc1ccc(O)c(C(C(=O)O)N(CCN(CC(=O)O)C(c2ccccn2)c2cc(OC)ccc2O)CC(C)=O)c1. The number of carbonyl (C=O) groups is 3. The molecule has 0 aliphatic rings. The van der Waals surface area contributed by atoms with Crippen LogP contribution < -0.4 is 9.47 Å². The second-order valence-electron chi connectivity index (χ2n) is 9.28. The Kier molecular flexibility index (Phi) is 10.6. The molecule has 12 nitrogen and oxygen atoms in total. The van der Waals surface area contributed by atoms with Crippen LogP contribution in [0.1, 0.15) is 35.8 Å². The zero-order chi connectivity index (χ0) is 30.1. The van der Waals surface area contributed by atoms with E-state index in [1.54, 1.807) is 30.3 Å². The normalized spacial score (nSPS) is 12.6. The third kappa shape index (κ3) is 7.93. The van der Waals surface area contributed by atoms with Gasteiger partial charge in [0.1, 0.15) is 34.8 Å². The van der Waals surface area contributed by atoms with Crippen molar-refractivity contribution in [1.82, 2.24) is 14.8 Å². The fourth-order valence-electron chi connectivity index (χ4n) is 4.64. The molecular formula is C29H33N3O9. The second-order valence-corrected chi connectivity index (χ2v) is 9.28. The van der Waals surface area contributed by atoms with Crippen molar-refractivity contribution in [2.45, 2.75) is 19.0 Å². The molecule has 218 valence electrons. The molecule has 0 spiro atoms. The van der Waals surface area contributed by atoms with Gasteiger partial charge < -0.3 is 29.9 Å². The van der Waals surface area contributed by atoms with Crippen LogP contribution in [-0.4, -0.2) is 93.3 Å². The summed E-state index contributed by atoms with van der Waals surface area (Å²) in [6.45, 7) is 0.332. The number of aliphatic carboxylic acids is 2. The monoisotopic (exact) mass is 567 g/mol. The number of phenols is 2. The van der Waals surface area contributed by atoms with Gasteiger partial charge in [0.15, 0.2) is 0 Å². The first kappa shape index (κ1) is 30.9. The first-order valence-electron chi connectivity index (χ1n) is 12.6. The smallest absolute Gasteiger partial charge is 0.325 e. The number of aromatic hydroxyl groups is 2. The maximum atomic E-state index is 12.5. The molecule has 2 unspecified atom stereocenters. The second kappa shape index (κ2) is 14.1. The van der Waals surface area contributed by atoms with Gasteiger partial charge >= 0.3 is 11.9 Å². The first-order valence-corrected chi connectivity index (χ1v) is 12.6. The Hall–Kier alpha value is -4.68. The minimum atomic E-state index is -1.46. The average Bonchev–Trinajstić information content (AvgIpc) is 2.93. The van der Waals surface area contributed by atoms with Gasteiger partial charge in [0.25, 0.3) is 0 Å². The Morgan fingerprint density at radius 2 is 1.41 bits per heavy atom. The molecular weight excluding hydrogens is 534 g/mol. The number of nitrogens with zero attached hydrogens (tertiary/aromatic N) is 3. The van der Waals surface area contributed by atoms with Crippen LogP contribution in [0.15, 0.2) is 60.8 Å². The Bertz CT molecular complexity index is 1370. The van der Waals surface area contributed by atoms with E-state index in [1.165, 1.54) is 61.4 Å². The van der Waals surface area contributed by atoms with E-state index in [-0.39, 0.29) is 42.5 Å². The average molecular weight is 568 g/mol. The van der Waals surface area contributed by atoms with Crippen molar-refractivity contribution < 1.29 is 44.3 Å². The summed E-state index contributed by atoms with van der Waals surface area (Å²) in [4.78, 5) is 44.1. The Labute approximate surface area is 237 Å². The van der Waals surface area contributed by atoms with Crippen LogP contribution in [0.3, 0.4) is 0 Å². The predicted octanol–water partition coefficient (Wildman–Crippen LogP) is 2.70. The van der Waals surface area contributed by atoms with Crippen molar-refractivity contribution in [3.8, 4) is 23.0 Å². The number of carboxylic acid groups (broad SMARTS) is 2. The summed E-state index contributed by atoms with van der Waals surface area (Å²) >= 11 is 0. The first-order chi connectivity index (χ1) is 19.5. The minimum absolute atomic E-state index is 0.00889. The van der Waals surface area contributed by atoms with Gasteiger partial charge in [-0.15, -0.1) is 0 Å². The highest BCUT2D eigenvalue weighted by molar-refractivity contribution is 5.81. The maximum absolute atomic E-state index is 12.5. The van der Waals surface area contributed by atoms with E-state index >= 15 is 0 Å². The van der Waals surface area contributed by atoms with Gasteiger partial charge in [-0.05, 0) is 55.5 Å². The molecule has 0 aliphatic carbocycles. The van der Waals surface area contributed by atoms with E-state index in [0.29, 0.717) is 22.8 Å². The molecule has 12 heteroatoms. The van der Waals surface area contributed by atoms with Gasteiger partial charge in [-0.2, -0.15) is 0 Å². The number of hydrogen-bond acceptors (Lipinski definition) is 10. The number of hydrogen-bond donors (Lipinski definition) is 4. The number of carbonyl (C=O) groups excluding carboxylic acids is 1. The van der Waals surface area contributed by atoms with Crippen molar-refractivity contribution >= 4 is 17.7 Å². The van der Waals surface area contributed by atoms with E-state index in [1.807, 2.05) is 0 Å². The number of ether oxygens (including phenoxy) is 2. The summed E-state index contributed by atoms with van der Waals surface area (Å²) in [7, 11) is 2.86. The highest BCUT2D eigenvalue weighted by Crippen LogP contribution is 2.37. The van der Waals surface area contributed by atoms with Crippen LogP contribution in [0.5, 0.6) is 23.0 Å². The van der Waals surface area contributed by atoms with Crippen LogP contribution in [0.25, 0.3) is 0 Å². The van der Waals surface area contributed by atoms with Gasteiger partial charge in [-0.25, -0.2) is 0 Å². The van der Waals surface area contributed by atoms with Gasteiger partial charge in [-0.1, -0.05) is 6.07 Å². The predicted molar refractivity (Wildman–Crippen MR) is 147 cm³/mol. The zero-order valence-corrected chi connectivity index (χ0v) is 22.9. The van der Waals surface area contributed by atoms with E-state index in [4.69, 9.17) is 9.47 Å². The van der Waals surface area contributed by atoms with Crippen LogP contribution in [0.4, 0.5) is 0 Å². The van der Waals surface area contributed by atoms with E-state index in [9.17, 15) is 34.8 Å². The van der Waals surface area contributed by atoms with Gasteiger partial charge in [0.05, 0.1) is 39.0 Å².